The number of carbonyl (C=O) groups excluding carboxylic acids is 1. The molecule has 0 aliphatic heterocycles. The molecule has 1 aliphatic rings. The number of hydrogen-bond donors (Lipinski definition) is 2. The number of rotatable bonds is 4. The zero-order valence-electron chi connectivity index (χ0n) is 10.2. The Kier molecular flexibility index (Phi) is 4.22. The molecule has 0 fully saturated rings. The highest BCUT2D eigenvalue weighted by molar-refractivity contribution is 6.34. The van der Waals surface area contributed by atoms with Crippen molar-refractivity contribution in [2.75, 3.05) is 5.32 Å². The van der Waals surface area contributed by atoms with Gasteiger partial charge in [-0.15, -0.1) is 0 Å². The van der Waals surface area contributed by atoms with Crippen molar-refractivity contribution in [3.8, 4) is 0 Å². The van der Waals surface area contributed by atoms with Crippen molar-refractivity contribution in [3.63, 3.8) is 0 Å². The summed E-state index contributed by atoms with van der Waals surface area (Å²) in [6.07, 6.45) is 6.40. The quantitative estimate of drug-likeness (QED) is 0.831. The van der Waals surface area contributed by atoms with Crippen LogP contribution in [0.3, 0.4) is 0 Å². The van der Waals surface area contributed by atoms with Gasteiger partial charge in [-0.3, -0.25) is 4.79 Å². The number of halogens is 1. The highest BCUT2D eigenvalue weighted by atomic mass is 35.5. The summed E-state index contributed by atoms with van der Waals surface area (Å²) in [6.45, 7) is 0. The second kappa shape index (κ2) is 5.89. The number of anilines is 1. The van der Waals surface area contributed by atoms with Crippen molar-refractivity contribution in [2.24, 2.45) is 5.92 Å². The highest BCUT2D eigenvalue weighted by Gasteiger charge is 2.18. The number of amides is 1. The molecule has 0 heterocycles. The van der Waals surface area contributed by atoms with Gasteiger partial charge in [0.05, 0.1) is 10.7 Å². The van der Waals surface area contributed by atoms with Gasteiger partial charge in [0.15, 0.2) is 0 Å². The van der Waals surface area contributed by atoms with Gasteiger partial charge in [0.2, 0.25) is 5.91 Å². The molecule has 2 N–H and O–H groups in total. The van der Waals surface area contributed by atoms with Gasteiger partial charge >= 0.3 is 5.97 Å². The van der Waals surface area contributed by atoms with Crippen molar-refractivity contribution in [1.82, 2.24) is 0 Å². The minimum Gasteiger partial charge on any atom is -0.478 e. The molecular formula is C14H14ClNO3. The molecule has 5 heteroatoms. The first-order chi connectivity index (χ1) is 9.08. The summed E-state index contributed by atoms with van der Waals surface area (Å²) in [4.78, 5) is 23.0. The summed E-state index contributed by atoms with van der Waals surface area (Å²) in [5.41, 5.74) is 0.173. The molecular weight excluding hydrogens is 266 g/mol. The van der Waals surface area contributed by atoms with E-state index in [4.69, 9.17) is 16.7 Å². The molecule has 2 rings (SSSR count). The molecule has 0 saturated carbocycles. The molecule has 0 aromatic heterocycles. The van der Waals surface area contributed by atoms with Crippen LogP contribution in [0, 0.1) is 5.92 Å². The van der Waals surface area contributed by atoms with E-state index in [2.05, 4.69) is 11.4 Å². The average Bonchev–Trinajstić information content (AvgIpc) is 2.81. The molecule has 0 spiro atoms. The predicted molar refractivity (Wildman–Crippen MR) is 73.5 cm³/mol. The first kappa shape index (κ1) is 13.6. The number of aromatic carboxylic acids is 1. The van der Waals surface area contributed by atoms with Crippen molar-refractivity contribution in [2.45, 2.75) is 19.3 Å². The normalized spacial score (nSPS) is 17.4. The first-order valence-corrected chi connectivity index (χ1v) is 6.44. The summed E-state index contributed by atoms with van der Waals surface area (Å²) >= 11 is 5.83. The summed E-state index contributed by atoms with van der Waals surface area (Å²) in [5.74, 6) is -1.10. The molecule has 0 radical (unpaired) electrons. The average molecular weight is 280 g/mol. The standard InChI is InChI=1S/C14H14ClNO3/c15-10-6-3-7-11(13(10)14(18)19)16-12(17)8-9-4-1-2-5-9/h1,3-4,6-7,9H,2,5,8H2,(H,16,17)(H,18,19). The Labute approximate surface area is 116 Å². The van der Waals surface area contributed by atoms with Crippen molar-refractivity contribution in [3.05, 3.63) is 40.9 Å². The van der Waals surface area contributed by atoms with Gasteiger partial charge < -0.3 is 10.4 Å². The van der Waals surface area contributed by atoms with Gasteiger partial charge in [0, 0.05) is 6.42 Å². The van der Waals surface area contributed by atoms with Gasteiger partial charge in [-0.1, -0.05) is 29.8 Å². The predicted octanol–water partition coefficient (Wildman–Crippen LogP) is 3.33. The molecule has 1 aliphatic carbocycles. The molecule has 1 amide bonds. The van der Waals surface area contributed by atoms with Crippen LogP contribution in [0.4, 0.5) is 5.69 Å². The fraction of sp³-hybridized carbons (Fsp3) is 0.286. The summed E-state index contributed by atoms with van der Waals surface area (Å²) in [7, 11) is 0. The van der Waals surface area contributed by atoms with Crippen molar-refractivity contribution in [1.29, 1.82) is 0 Å². The van der Waals surface area contributed by atoms with E-state index in [-0.39, 0.29) is 28.1 Å². The lowest BCUT2D eigenvalue weighted by Crippen LogP contribution is -2.17. The van der Waals surface area contributed by atoms with Crippen molar-refractivity contribution < 1.29 is 14.7 Å². The molecule has 4 nitrogen and oxygen atoms in total. The van der Waals surface area contributed by atoms with E-state index in [1.807, 2.05) is 6.08 Å². The Bertz CT molecular complexity index is 539. The number of carboxylic acid groups (broad SMARTS) is 1. The smallest absolute Gasteiger partial charge is 0.339 e. The number of carbonyl (C=O) groups is 2. The van der Waals surface area contributed by atoms with E-state index in [0.717, 1.165) is 12.8 Å². The summed E-state index contributed by atoms with van der Waals surface area (Å²) in [6, 6.07) is 4.64. The van der Waals surface area contributed by atoms with Crippen LogP contribution in [0.15, 0.2) is 30.4 Å². The molecule has 1 aromatic rings. The van der Waals surface area contributed by atoms with Gasteiger partial charge in [0.1, 0.15) is 5.56 Å². The third-order valence-corrected chi connectivity index (χ3v) is 3.38. The van der Waals surface area contributed by atoms with Crippen LogP contribution in [0.2, 0.25) is 5.02 Å². The molecule has 0 bridgehead atoms. The molecule has 1 aromatic carbocycles. The zero-order chi connectivity index (χ0) is 13.8. The van der Waals surface area contributed by atoms with Crippen LogP contribution in [0.25, 0.3) is 0 Å². The maximum Gasteiger partial charge on any atom is 0.339 e. The zero-order valence-corrected chi connectivity index (χ0v) is 11.0. The maximum atomic E-state index is 11.9. The second-order valence-electron chi connectivity index (χ2n) is 4.49. The monoisotopic (exact) mass is 279 g/mol. The molecule has 19 heavy (non-hydrogen) atoms. The van der Waals surface area contributed by atoms with Gasteiger partial charge in [0.25, 0.3) is 0 Å². The number of allylic oxidation sites excluding steroid dienone is 2. The molecule has 1 atom stereocenters. The fourth-order valence-corrected chi connectivity index (χ4v) is 2.41. The molecule has 1 unspecified atom stereocenters. The topological polar surface area (TPSA) is 66.4 Å². The summed E-state index contributed by atoms with van der Waals surface area (Å²) in [5, 5.41) is 11.8. The van der Waals surface area contributed by atoms with Gasteiger partial charge in [-0.25, -0.2) is 4.79 Å². The third kappa shape index (κ3) is 3.35. The van der Waals surface area contributed by atoms with Gasteiger partial charge in [-0.2, -0.15) is 0 Å². The van der Waals surface area contributed by atoms with Crippen LogP contribution in [-0.2, 0) is 4.79 Å². The Morgan fingerprint density at radius 2 is 2.21 bits per heavy atom. The highest BCUT2D eigenvalue weighted by Crippen LogP contribution is 2.26. The van der Waals surface area contributed by atoms with Crippen LogP contribution in [-0.4, -0.2) is 17.0 Å². The lowest BCUT2D eigenvalue weighted by atomic mass is 10.0. The Hall–Kier alpha value is -1.81. The van der Waals surface area contributed by atoms with E-state index in [9.17, 15) is 9.59 Å². The maximum absolute atomic E-state index is 11.9. The minimum absolute atomic E-state index is 0.0699. The third-order valence-electron chi connectivity index (χ3n) is 3.06. The molecule has 100 valence electrons. The lowest BCUT2D eigenvalue weighted by molar-refractivity contribution is -0.116. The van der Waals surface area contributed by atoms with E-state index in [1.165, 1.54) is 12.1 Å². The number of nitrogens with one attached hydrogen (secondary N) is 1. The van der Waals surface area contributed by atoms with Crippen molar-refractivity contribution >= 4 is 29.2 Å². The SMILES string of the molecule is O=C(CC1C=CCC1)Nc1cccc(Cl)c1C(=O)O. The summed E-state index contributed by atoms with van der Waals surface area (Å²) < 4.78 is 0. The molecule has 0 saturated heterocycles. The minimum atomic E-state index is -1.15. The first-order valence-electron chi connectivity index (χ1n) is 6.06. The number of hydrogen-bond acceptors (Lipinski definition) is 2. The second-order valence-corrected chi connectivity index (χ2v) is 4.89. The van der Waals surface area contributed by atoms with E-state index in [0.29, 0.717) is 6.42 Å². The Morgan fingerprint density at radius 3 is 2.84 bits per heavy atom. The fourth-order valence-electron chi connectivity index (χ4n) is 2.15. The van der Waals surface area contributed by atoms with E-state index in [1.54, 1.807) is 6.07 Å². The Morgan fingerprint density at radius 1 is 1.42 bits per heavy atom. The van der Waals surface area contributed by atoms with Crippen LogP contribution in [0.5, 0.6) is 0 Å². The number of benzene rings is 1. The van der Waals surface area contributed by atoms with E-state index < -0.39 is 5.97 Å². The number of carboxylic acids is 1. The van der Waals surface area contributed by atoms with Crippen LogP contribution in [0.1, 0.15) is 29.6 Å². The van der Waals surface area contributed by atoms with Crippen LogP contribution >= 0.6 is 11.6 Å². The van der Waals surface area contributed by atoms with Crippen LogP contribution < -0.4 is 5.32 Å². The Balaban J connectivity index is 2.10. The largest absolute Gasteiger partial charge is 0.478 e. The van der Waals surface area contributed by atoms with E-state index >= 15 is 0 Å². The van der Waals surface area contributed by atoms with Gasteiger partial charge in [-0.05, 0) is 30.9 Å². The lowest BCUT2D eigenvalue weighted by Gasteiger charge is -2.11.